The first-order valence-electron chi connectivity index (χ1n) is 13.3. The highest BCUT2D eigenvalue weighted by molar-refractivity contribution is 6.20. The highest BCUT2D eigenvalue weighted by Crippen LogP contribution is 2.36. The highest BCUT2D eigenvalue weighted by atomic mass is 19.4. The van der Waals surface area contributed by atoms with Crippen LogP contribution in [0.25, 0.3) is 0 Å². The van der Waals surface area contributed by atoms with Crippen LogP contribution in [-0.4, -0.2) is 48.2 Å². The standard InChI is InChI=1S/C29H31F5N4O3/c1-28(30,31)15-21(19(24(35)39)13-14-29(32,33)34)26(40)37-25-27(41)38(16-17-11-12-17)22-10-6-5-9-20(22)23(36-25)18-7-3-2-4-8-18/h2-10,17,19,21,25H,11-16H2,1H3,(H2,35,39)(H,37,40)/t19-,21+,25+/m0/s1. The van der Waals surface area contributed by atoms with Crippen molar-refractivity contribution < 1.29 is 36.3 Å². The van der Waals surface area contributed by atoms with Gasteiger partial charge in [0.2, 0.25) is 23.9 Å². The molecule has 1 fully saturated rings. The van der Waals surface area contributed by atoms with Crippen molar-refractivity contribution in [1.29, 1.82) is 0 Å². The summed E-state index contributed by atoms with van der Waals surface area (Å²) in [5.74, 6) is -10.2. The lowest BCUT2D eigenvalue weighted by Crippen LogP contribution is -2.51. The molecule has 0 radical (unpaired) electrons. The number of benzodiazepines with no additional fused rings is 1. The van der Waals surface area contributed by atoms with Crippen molar-refractivity contribution in [2.24, 2.45) is 28.5 Å². The average Bonchev–Trinajstić information content (AvgIpc) is 3.72. The lowest BCUT2D eigenvalue weighted by Gasteiger charge is -2.29. The SMILES string of the molecule is CC(F)(F)C[C@@H](C(=O)N[C@H]1N=C(c2ccccc2)c2ccccc2N(CC2CC2)C1=O)[C@H](CCC(F)(F)F)C(N)=O. The van der Waals surface area contributed by atoms with E-state index < -0.39 is 67.1 Å². The molecule has 1 saturated carbocycles. The number of aliphatic imine (C=N–C) groups is 1. The zero-order chi connectivity index (χ0) is 29.9. The summed E-state index contributed by atoms with van der Waals surface area (Å²) in [7, 11) is 0. The van der Waals surface area contributed by atoms with E-state index in [-0.39, 0.29) is 5.92 Å². The van der Waals surface area contributed by atoms with E-state index in [1.54, 1.807) is 54.6 Å². The molecule has 1 aliphatic carbocycles. The Labute approximate surface area is 234 Å². The molecule has 41 heavy (non-hydrogen) atoms. The normalized spacial score (nSPS) is 19.1. The number of amides is 3. The molecular weight excluding hydrogens is 547 g/mol. The monoisotopic (exact) mass is 578 g/mol. The number of fused-ring (bicyclic) bond motifs is 1. The van der Waals surface area contributed by atoms with E-state index in [2.05, 4.69) is 10.3 Å². The second-order valence-electron chi connectivity index (χ2n) is 10.7. The molecule has 12 heteroatoms. The Bertz CT molecular complexity index is 1310. The van der Waals surface area contributed by atoms with Crippen molar-refractivity contribution in [3.8, 4) is 0 Å². The van der Waals surface area contributed by atoms with Gasteiger partial charge in [-0.3, -0.25) is 14.4 Å². The van der Waals surface area contributed by atoms with E-state index >= 15 is 0 Å². The third-order valence-corrected chi connectivity index (χ3v) is 7.18. The Hall–Kier alpha value is -3.83. The number of anilines is 1. The van der Waals surface area contributed by atoms with Crippen LogP contribution in [0.4, 0.5) is 27.6 Å². The maximum absolute atomic E-state index is 14.2. The summed E-state index contributed by atoms with van der Waals surface area (Å²) in [4.78, 5) is 45.6. The minimum atomic E-state index is -4.70. The van der Waals surface area contributed by atoms with Crippen LogP contribution >= 0.6 is 0 Å². The molecule has 220 valence electrons. The fourth-order valence-corrected chi connectivity index (χ4v) is 5.00. The van der Waals surface area contributed by atoms with E-state index in [0.29, 0.717) is 36.0 Å². The molecule has 4 rings (SSSR count). The molecule has 2 aliphatic rings. The Kier molecular flexibility index (Phi) is 8.79. The van der Waals surface area contributed by atoms with E-state index in [1.807, 2.05) is 0 Å². The van der Waals surface area contributed by atoms with Crippen molar-refractivity contribution >= 4 is 29.1 Å². The van der Waals surface area contributed by atoms with Crippen molar-refractivity contribution in [3.63, 3.8) is 0 Å². The van der Waals surface area contributed by atoms with Gasteiger partial charge in [0.1, 0.15) is 0 Å². The number of rotatable bonds is 11. The zero-order valence-electron chi connectivity index (χ0n) is 22.3. The molecular formula is C29H31F5N4O3. The molecule has 1 heterocycles. The minimum Gasteiger partial charge on any atom is -0.369 e. The van der Waals surface area contributed by atoms with Gasteiger partial charge in [-0.25, -0.2) is 13.8 Å². The molecule has 0 unspecified atom stereocenters. The van der Waals surface area contributed by atoms with Gasteiger partial charge in [0.15, 0.2) is 0 Å². The molecule has 3 atom stereocenters. The quantitative estimate of drug-likeness (QED) is 0.373. The maximum atomic E-state index is 14.2. The Morgan fingerprint density at radius 3 is 2.24 bits per heavy atom. The number of para-hydroxylation sites is 1. The van der Waals surface area contributed by atoms with Crippen LogP contribution < -0.4 is 16.0 Å². The topological polar surface area (TPSA) is 105 Å². The summed E-state index contributed by atoms with van der Waals surface area (Å²) in [6.07, 6.45) is -8.18. The molecule has 7 nitrogen and oxygen atoms in total. The van der Waals surface area contributed by atoms with E-state index in [9.17, 15) is 36.3 Å². The first kappa shape index (κ1) is 30.1. The number of hydrogen-bond donors (Lipinski definition) is 2. The van der Waals surface area contributed by atoms with Crippen LogP contribution in [0.3, 0.4) is 0 Å². The number of carbonyl (C=O) groups is 3. The lowest BCUT2D eigenvalue weighted by molar-refractivity contribution is -0.148. The van der Waals surface area contributed by atoms with Crippen LogP contribution in [-0.2, 0) is 14.4 Å². The van der Waals surface area contributed by atoms with Gasteiger partial charge in [-0.15, -0.1) is 0 Å². The Morgan fingerprint density at radius 1 is 1.02 bits per heavy atom. The molecule has 0 spiro atoms. The number of nitrogens with one attached hydrogen (secondary N) is 1. The van der Waals surface area contributed by atoms with Gasteiger partial charge in [-0.05, 0) is 38.2 Å². The summed E-state index contributed by atoms with van der Waals surface area (Å²) in [6.45, 7) is 0.831. The fourth-order valence-electron chi connectivity index (χ4n) is 5.00. The lowest BCUT2D eigenvalue weighted by atomic mass is 9.83. The first-order chi connectivity index (χ1) is 19.2. The molecule has 0 bridgehead atoms. The van der Waals surface area contributed by atoms with Crippen molar-refractivity contribution in [1.82, 2.24) is 5.32 Å². The fraction of sp³-hybridized carbons (Fsp3) is 0.448. The third-order valence-electron chi connectivity index (χ3n) is 7.18. The summed E-state index contributed by atoms with van der Waals surface area (Å²) in [6, 6.07) is 15.9. The number of halogens is 5. The van der Waals surface area contributed by atoms with Gasteiger partial charge in [0.05, 0.1) is 17.3 Å². The van der Waals surface area contributed by atoms with Crippen molar-refractivity contribution in [3.05, 3.63) is 65.7 Å². The molecule has 1 aliphatic heterocycles. The summed E-state index contributed by atoms with van der Waals surface area (Å²) in [5, 5.41) is 2.38. The highest BCUT2D eigenvalue weighted by Gasteiger charge is 2.43. The molecule has 3 amide bonds. The van der Waals surface area contributed by atoms with Crippen molar-refractivity contribution in [2.75, 3.05) is 11.4 Å². The second kappa shape index (κ2) is 12.0. The maximum Gasteiger partial charge on any atom is 0.389 e. The van der Waals surface area contributed by atoms with Crippen LogP contribution in [0.1, 0.15) is 50.2 Å². The van der Waals surface area contributed by atoms with E-state index in [4.69, 9.17) is 5.73 Å². The van der Waals surface area contributed by atoms with Gasteiger partial charge in [0.25, 0.3) is 5.91 Å². The molecule has 0 saturated heterocycles. The predicted molar refractivity (Wildman–Crippen MR) is 142 cm³/mol. The largest absolute Gasteiger partial charge is 0.389 e. The van der Waals surface area contributed by atoms with Gasteiger partial charge in [-0.1, -0.05) is 48.5 Å². The van der Waals surface area contributed by atoms with Gasteiger partial charge >= 0.3 is 6.18 Å². The number of alkyl halides is 5. The summed E-state index contributed by atoms with van der Waals surface area (Å²) >= 11 is 0. The van der Waals surface area contributed by atoms with Crippen LogP contribution in [0.5, 0.6) is 0 Å². The van der Waals surface area contributed by atoms with Crippen molar-refractivity contribution in [2.45, 2.75) is 57.3 Å². The summed E-state index contributed by atoms with van der Waals surface area (Å²) in [5.41, 5.74) is 7.47. The molecule has 3 N–H and O–H groups in total. The number of primary amides is 1. The molecule has 2 aromatic rings. The smallest absolute Gasteiger partial charge is 0.369 e. The van der Waals surface area contributed by atoms with Crippen LogP contribution in [0.2, 0.25) is 0 Å². The Balaban J connectivity index is 1.74. The summed E-state index contributed by atoms with van der Waals surface area (Å²) < 4.78 is 67.2. The Morgan fingerprint density at radius 2 is 1.66 bits per heavy atom. The van der Waals surface area contributed by atoms with Gasteiger partial charge in [0, 0.05) is 36.4 Å². The first-order valence-corrected chi connectivity index (χ1v) is 13.3. The number of nitrogens with zero attached hydrogens (tertiary/aromatic N) is 2. The van der Waals surface area contributed by atoms with E-state index in [1.165, 1.54) is 4.90 Å². The average molecular weight is 579 g/mol. The van der Waals surface area contributed by atoms with E-state index in [0.717, 1.165) is 12.8 Å². The second-order valence-corrected chi connectivity index (χ2v) is 10.7. The number of hydrogen-bond acceptors (Lipinski definition) is 4. The minimum absolute atomic E-state index is 0.231. The van der Waals surface area contributed by atoms with Crippen LogP contribution in [0.15, 0.2) is 59.6 Å². The zero-order valence-corrected chi connectivity index (χ0v) is 22.3. The molecule has 2 aromatic carbocycles. The third kappa shape index (κ3) is 7.89. The van der Waals surface area contributed by atoms with Gasteiger partial charge < -0.3 is 16.0 Å². The number of nitrogens with two attached hydrogens (primary N) is 1. The predicted octanol–water partition coefficient (Wildman–Crippen LogP) is 4.83. The van der Waals surface area contributed by atoms with Crippen LogP contribution in [0, 0.1) is 17.8 Å². The number of benzene rings is 2. The number of carbonyl (C=O) groups excluding carboxylic acids is 3. The molecule has 0 aromatic heterocycles. The van der Waals surface area contributed by atoms with Gasteiger partial charge in [-0.2, -0.15) is 13.2 Å².